The van der Waals surface area contributed by atoms with Gasteiger partial charge in [-0.25, -0.2) is 8.42 Å². The molecule has 1 saturated carbocycles. The van der Waals surface area contributed by atoms with Crippen LogP contribution in [-0.4, -0.2) is 25.8 Å². The van der Waals surface area contributed by atoms with E-state index in [1.807, 2.05) is 0 Å². The maximum absolute atomic E-state index is 12.7. The van der Waals surface area contributed by atoms with Gasteiger partial charge in [-0.15, -0.1) is 11.3 Å². The zero-order valence-corrected chi connectivity index (χ0v) is 15.8. The van der Waals surface area contributed by atoms with Crippen molar-refractivity contribution in [1.82, 2.24) is 4.31 Å². The second kappa shape index (κ2) is 6.11. The minimum atomic E-state index is -3.38. The van der Waals surface area contributed by atoms with Crippen LogP contribution in [0, 0.1) is 5.41 Å². The van der Waals surface area contributed by atoms with Gasteiger partial charge in [0.1, 0.15) is 4.21 Å². The fraction of sp³-hybridized carbons (Fsp3) is 0.714. The van der Waals surface area contributed by atoms with Crippen molar-refractivity contribution in [1.29, 1.82) is 0 Å². The highest BCUT2D eigenvalue weighted by atomic mass is 79.9. The van der Waals surface area contributed by atoms with Gasteiger partial charge in [-0.05, 0) is 53.1 Å². The van der Waals surface area contributed by atoms with Crippen molar-refractivity contribution in [2.24, 2.45) is 5.41 Å². The van der Waals surface area contributed by atoms with E-state index in [0.717, 1.165) is 12.8 Å². The molecule has 2 fully saturated rings. The van der Waals surface area contributed by atoms with E-state index in [9.17, 15) is 8.42 Å². The molecular weight excluding hydrogens is 394 g/mol. The molecule has 1 aliphatic heterocycles. The monoisotopic (exact) mass is 411 g/mol. The van der Waals surface area contributed by atoms with E-state index >= 15 is 0 Å². The Bertz CT molecular complexity index is 593. The van der Waals surface area contributed by atoms with Crippen molar-refractivity contribution in [2.45, 2.75) is 49.2 Å². The first kappa shape index (κ1) is 16.2. The van der Waals surface area contributed by atoms with E-state index in [2.05, 4.69) is 15.9 Å². The van der Waals surface area contributed by atoms with Crippen molar-refractivity contribution in [3.8, 4) is 0 Å². The molecule has 7 heteroatoms. The molecule has 118 valence electrons. The first-order valence-corrected chi connectivity index (χ1v) is 10.8. The minimum absolute atomic E-state index is 0.346. The Balaban J connectivity index is 1.73. The molecule has 2 heterocycles. The SMILES string of the molecule is O=S(=O)(c1cc(Cl)c(Br)s1)N1CCC2(CCCCC2)CC1. The molecule has 3 rings (SSSR count). The molecule has 0 unspecified atom stereocenters. The zero-order valence-electron chi connectivity index (χ0n) is 11.8. The molecule has 1 spiro atoms. The largest absolute Gasteiger partial charge is 0.252 e. The maximum atomic E-state index is 12.7. The predicted molar refractivity (Wildman–Crippen MR) is 90.5 cm³/mol. The van der Waals surface area contributed by atoms with Crippen LogP contribution in [0.3, 0.4) is 0 Å². The smallest absolute Gasteiger partial charge is 0.206 e. The van der Waals surface area contributed by atoms with Gasteiger partial charge in [0, 0.05) is 13.1 Å². The second-order valence-corrected chi connectivity index (χ2v) is 11.1. The average molecular weight is 413 g/mol. The summed E-state index contributed by atoms with van der Waals surface area (Å²) in [6, 6.07) is 1.55. The van der Waals surface area contributed by atoms with Gasteiger partial charge in [0.2, 0.25) is 0 Å². The average Bonchev–Trinajstić information content (AvgIpc) is 2.81. The molecule has 1 aromatic heterocycles. The standard InChI is InChI=1S/C14H19BrClNO2S2/c15-13-11(16)10-12(20-13)21(18,19)17-8-6-14(7-9-17)4-2-1-3-5-14/h10H,1-9H2. The molecule has 1 aromatic rings. The summed E-state index contributed by atoms with van der Waals surface area (Å²) >= 11 is 10.5. The van der Waals surface area contributed by atoms with Gasteiger partial charge in [-0.2, -0.15) is 4.31 Å². The molecule has 0 amide bonds. The Labute approximate surface area is 143 Å². The van der Waals surface area contributed by atoms with Crippen LogP contribution in [-0.2, 0) is 10.0 Å². The Kier molecular flexibility index (Phi) is 4.73. The summed E-state index contributed by atoms with van der Waals surface area (Å²) < 4.78 is 28.0. The first-order chi connectivity index (χ1) is 9.93. The minimum Gasteiger partial charge on any atom is -0.206 e. The lowest BCUT2D eigenvalue weighted by molar-refractivity contribution is 0.102. The summed E-state index contributed by atoms with van der Waals surface area (Å²) in [6.07, 6.45) is 8.51. The summed E-state index contributed by atoms with van der Waals surface area (Å²) in [4.78, 5) is 0. The van der Waals surface area contributed by atoms with Crippen molar-refractivity contribution in [3.63, 3.8) is 0 Å². The number of piperidine rings is 1. The van der Waals surface area contributed by atoms with Crippen LogP contribution in [0.2, 0.25) is 5.02 Å². The highest BCUT2D eigenvalue weighted by molar-refractivity contribution is 9.11. The van der Waals surface area contributed by atoms with E-state index in [4.69, 9.17) is 11.6 Å². The van der Waals surface area contributed by atoms with Crippen LogP contribution < -0.4 is 0 Å². The van der Waals surface area contributed by atoms with E-state index in [1.54, 1.807) is 10.4 Å². The Hall–Kier alpha value is 0.380. The fourth-order valence-corrected chi connectivity index (χ4v) is 7.58. The summed E-state index contributed by atoms with van der Waals surface area (Å²) in [6.45, 7) is 1.30. The molecule has 0 bridgehead atoms. The first-order valence-electron chi connectivity index (χ1n) is 7.38. The van der Waals surface area contributed by atoms with Crippen LogP contribution in [0.4, 0.5) is 0 Å². The molecule has 0 aromatic carbocycles. The van der Waals surface area contributed by atoms with Gasteiger partial charge in [-0.3, -0.25) is 0 Å². The fourth-order valence-electron chi connectivity index (χ4n) is 3.58. The number of sulfonamides is 1. The molecule has 3 nitrogen and oxygen atoms in total. The highest BCUT2D eigenvalue weighted by Crippen LogP contribution is 2.45. The third kappa shape index (κ3) is 3.20. The molecule has 21 heavy (non-hydrogen) atoms. The number of halogens is 2. The molecule has 2 aliphatic rings. The third-order valence-electron chi connectivity index (χ3n) is 4.91. The van der Waals surface area contributed by atoms with Gasteiger partial charge in [0.15, 0.2) is 0 Å². The maximum Gasteiger partial charge on any atom is 0.252 e. The van der Waals surface area contributed by atoms with Gasteiger partial charge in [0.25, 0.3) is 10.0 Å². The quantitative estimate of drug-likeness (QED) is 0.693. The molecule has 1 aliphatic carbocycles. The van der Waals surface area contributed by atoms with Crippen molar-refractivity contribution >= 4 is 48.9 Å². The number of hydrogen-bond acceptors (Lipinski definition) is 3. The van der Waals surface area contributed by atoms with Crippen LogP contribution in [0.1, 0.15) is 44.9 Å². The highest BCUT2D eigenvalue weighted by Gasteiger charge is 2.39. The molecule has 0 radical (unpaired) electrons. The Morgan fingerprint density at radius 3 is 2.29 bits per heavy atom. The normalized spacial score (nSPS) is 23.5. The van der Waals surface area contributed by atoms with Gasteiger partial charge < -0.3 is 0 Å². The topological polar surface area (TPSA) is 37.4 Å². The van der Waals surface area contributed by atoms with Crippen molar-refractivity contribution in [3.05, 3.63) is 14.9 Å². The lowest BCUT2D eigenvalue weighted by Crippen LogP contribution is -2.43. The number of rotatable bonds is 2. The number of hydrogen-bond donors (Lipinski definition) is 0. The zero-order chi connectivity index (χ0) is 15.1. The van der Waals surface area contributed by atoms with E-state index in [1.165, 1.54) is 43.4 Å². The van der Waals surface area contributed by atoms with Gasteiger partial charge >= 0.3 is 0 Å². The molecule has 0 N–H and O–H groups in total. The predicted octanol–water partition coefficient (Wildman–Crippen LogP) is 4.90. The number of thiophene rings is 1. The lowest BCUT2D eigenvalue weighted by Gasteiger charge is -2.43. The van der Waals surface area contributed by atoms with Crippen molar-refractivity contribution < 1.29 is 8.42 Å². The van der Waals surface area contributed by atoms with Crippen LogP contribution in [0.25, 0.3) is 0 Å². The van der Waals surface area contributed by atoms with Crippen molar-refractivity contribution in [2.75, 3.05) is 13.1 Å². The van der Waals surface area contributed by atoms with Crippen LogP contribution in [0.15, 0.2) is 14.1 Å². The Morgan fingerprint density at radius 1 is 1.14 bits per heavy atom. The number of nitrogens with zero attached hydrogens (tertiary/aromatic N) is 1. The van der Waals surface area contributed by atoms with E-state index in [0.29, 0.717) is 31.5 Å². The second-order valence-electron chi connectivity index (χ2n) is 6.15. The Morgan fingerprint density at radius 2 is 1.76 bits per heavy atom. The third-order valence-corrected chi connectivity index (χ3v) is 9.74. The molecule has 0 atom stereocenters. The van der Waals surface area contributed by atoms with E-state index in [-0.39, 0.29) is 0 Å². The summed E-state index contributed by atoms with van der Waals surface area (Å²) in [7, 11) is -3.38. The summed E-state index contributed by atoms with van der Waals surface area (Å²) in [5, 5.41) is 0.472. The summed E-state index contributed by atoms with van der Waals surface area (Å²) in [5.74, 6) is 0. The van der Waals surface area contributed by atoms with Gasteiger partial charge in [0.05, 0.1) is 8.81 Å². The van der Waals surface area contributed by atoms with Crippen LogP contribution >= 0.6 is 38.9 Å². The van der Waals surface area contributed by atoms with E-state index < -0.39 is 10.0 Å². The lowest BCUT2D eigenvalue weighted by atomic mass is 9.68. The van der Waals surface area contributed by atoms with Crippen LogP contribution in [0.5, 0.6) is 0 Å². The van der Waals surface area contributed by atoms with Gasteiger partial charge in [-0.1, -0.05) is 30.9 Å². The summed E-state index contributed by atoms with van der Waals surface area (Å²) in [5.41, 5.74) is 0.415. The molecule has 1 saturated heterocycles. The molecular formula is C14H19BrClNO2S2.